The van der Waals surface area contributed by atoms with Crippen molar-refractivity contribution < 1.29 is 9.90 Å². The lowest BCUT2D eigenvalue weighted by atomic mass is 10.2. The van der Waals surface area contributed by atoms with Gasteiger partial charge in [-0.1, -0.05) is 19.8 Å². The Bertz CT molecular complexity index is 157. The van der Waals surface area contributed by atoms with Crippen molar-refractivity contribution in [2.24, 2.45) is 0 Å². The van der Waals surface area contributed by atoms with Gasteiger partial charge in [0.2, 0.25) is 5.91 Å². The molecule has 0 radical (unpaired) electrons. The number of β-amino-alcohol motifs (C(OH)–C–C–N with tert-alkyl or cyclic N) is 1. The molecule has 1 saturated heterocycles. The number of carbonyl (C=O) groups is 1. The van der Waals surface area contributed by atoms with Crippen molar-refractivity contribution in [1.29, 1.82) is 0 Å². The topological polar surface area (TPSA) is 61.4 Å². The summed E-state index contributed by atoms with van der Waals surface area (Å²) in [5.74, 6) is 0.156. The maximum Gasteiger partial charge on any atom is 0.219 e. The van der Waals surface area contributed by atoms with E-state index in [-0.39, 0.29) is 12.0 Å². The van der Waals surface area contributed by atoms with Crippen molar-refractivity contribution in [3.63, 3.8) is 0 Å². The molecular weight excluding hydrogens is 192 g/mol. The number of hydrogen-bond acceptors (Lipinski definition) is 3. The molecule has 15 heavy (non-hydrogen) atoms. The van der Waals surface area contributed by atoms with Crippen LogP contribution in [-0.2, 0) is 4.79 Å². The maximum absolute atomic E-state index is 10.6. The summed E-state index contributed by atoms with van der Waals surface area (Å²) in [4.78, 5) is 10.6. The Kier molecular flexibility index (Phi) is 9.52. The molecule has 1 fully saturated rings. The van der Waals surface area contributed by atoms with Crippen LogP contribution in [0.2, 0.25) is 0 Å². The highest BCUT2D eigenvalue weighted by atomic mass is 16.3. The van der Waals surface area contributed by atoms with Gasteiger partial charge in [-0.15, -0.1) is 0 Å². The van der Waals surface area contributed by atoms with Crippen molar-refractivity contribution in [2.45, 2.75) is 45.1 Å². The van der Waals surface area contributed by atoms with Gasteiger partial charge in [-0.2, -0.15) is 0 Å². The molecular formula is C11H24N2O2. The van der Waals surface area contributed by atoms with Gasteiger partial charge in [0.05, 0.1) is 6.10 Å². The largest absolute Gasteiger partial charge is 0.392 e. The van der Waals surface area contributed by atoms with Gasteiger partial charge in [-0.3, -0.25) is 4.79 Å². The molecule has 0 aromatic heterocycles. The zero-order valence-corrected chi connectivity index (χ0v) is 9.88. The standard InChI is InChI=1S/C7H15NO.C4H9NO/c1-3-4-5-6-7(9)8-2;6-4-1-2-5-3-4/h3-6H2,1-2H3,(H,8,9);4-6H,1-3H2. The minimum Gasteiger partial charge on any atom is -0.392 e. The summed E-state index contributed by atoms with van der Waals surface area (Å²) in [6.07, 6.45) is 4.91. The van der Waals surface area contributed by atoms with Crippen LogP contribution in [0.5, 0.6) is 0 Å². The molecule has 1 rings (SSSR count). The zero-order chi connectivity index (χ0) is 11.5. The van der Waals surface area contributed by atoms with E-state index in [0.29, 0.717) is 6.42 Å². The van der Waals surface area contributed by atoms with Gasteiger partial charge in [0.15, 0.2) is 0 Å². The van der Waals surface area contributed by atoms with Gasteiger partial charge in [0.25, 0.3) is 0 Å². The second-order valence-electron chi connectivity index (χ2n) is 3.78. The number of aliphatic hydroxyl groups is 1. The van der Waals surface area contributed by atoms with E-state index in [9.17, 15) is 4.79 Å². The molecule has 4 heteroatoms. The van der Waals surface area contributed by atoms with Gasteiger partial charge < -0.3 is 15.7 Å². The van der Waals surface area contributed by atoms with Crippen LogP contribution < -0.4 is 10.6 Å². The summed E-state index contributed by atoms with van der Waals surface area (Å²) >= 11 is 0. The van der Waals surface area contributed by atoms with Crippen LogP contribution >= 0.6 is 0 Å². The normalized spacial score (nSPS) is 19.3. The molecule has 0 bridgehead atoms. The molecule has 3 N–H and O–H groups in total. The third-order valence-corrected chi connectivity index (χ3v) is 2.32. The minimum atomic E-state index is -0.0648. The van der Waals surface area contributed by atoms with Crippen LogP contribution in [0.1, 0.15) is 39.0 Å². The predicted octanol–water partition coefficient (Wildman–Crippen LogP) is 0.653. The molecule has 0 aromatic carbocycles. The first-order valence-electron chi connectivity index (χ1n) is 5.80. The van der Waals surface area contributed by atoms with E-state index in [2.05, 4.69) is 17.6 Å². The van der Waals surface area contributed by atoms with Crippen molar-refractivity contribution >= 4 is 5.91 Å². The molecule has 1 aliphatic heterocycles. The van der Waals surface area contributed by atoms with E-state index in [0.717, 1.165) is 32.4 Å². The number of carbonyl (C=O) groups excluding carboxylic acids is 1. The number of hydrogen-bond donors (Lipinski definition) is 3. The predicted molar refractivity (Wildman–Crippen MR) is 61.7 cm³/mol. The fourth-order valence-electron chi connectivity index (χ4n) is 1.30. The fraction of sp³-hybridized carbons (Fsp3) is 0.909. The lowest BCUT2D eigenvalue weighted by Crippen LogP contribution is -2.16. The number of unbranched alkanes of at least 4 members (excludes halogenated alkanes) is 2. The summed E-state index contributed by atoms with van der Waals surface area (Å²) in [5, 5.41) is 14.3. The van der Waals surface area contributed by atoms with E-state index in [4.69, 9.17) is 5.11 Å². The van der Waals surface area contributed by atoms with Crippen LogP contribution in [0.4, 0.5) is 0 Å². The Balaban J connectivity index is 0.000000280. The number of aliphatic hydroxyl groups excluding tert-OH is 1. The average Bonchev–Trinajstić information content (AvgIpc) is 2.70. The fourth-order valence-corrected chi connectivity index (χ4v) is 1.30. The van der Waals surface area contributed by atoms with E-state index >= 15 is 0 Å². The van der Waals surface area contributed by atoms with Gasteiger partial charge >= 0.3 is 0 Å². The minimum absolute atomic E-state index is 0.0648. The van der Waals surface area contributed by atoms with Crippen LogP contribution in [0, 0.1) is 0 Å². The zero-order valence-electron chi connectivity index (χ0n) is 9.88. The lowest BCUT2D eigenvalue weighted by molar-refractivity contribution is -0.120. The summed E-state index contributed by atoms with van der Waals surface area (Å²) in [7, 11) is 1.67. The Hall–Kier alpha value is -0.610. The third-order valence-electron chi connectivity index (χ3n) is 2.32. The Morgan fingerprint density at radius 1 is 1.53 bits per heavy atom. The molecule has 1 atom stereocenters. The summed E-state index contributed by atoms with van der Waals surface area (Å²) in [5.41, 5.74) is 0. The number of rotatable bonds is 4. The van der Waals surface area contributed by atoms with Crippen LogP contribution in [0.3, 0.4) is 0 Å². The first kappa shape index (κ1) is 14.4. The number of amides is 1. The van der Waals surface area contributed by atoms with Gasteiger partial charge in [0.1, 0.15) is 0 Å². The van der Waals surface area contributed by atoms with Crippen molar-refractivity contribution in [2.75, 3.05) is 20.1 Å². The second-order valence-corrected chi connectivity index (χ2v) is 3.78. The first-order chi connectivity index (χ1) is 7.20. The van der Waals surface area contributed by atoms with E-state index in [1.54, 1.807) is 7.05 Å². The Morgan fingerprint density at radius 2 is 2.27 bits per heavy atom. The van der Waals surface area contributed by atoms with Crippen LogP contribution in [-0.4, -0.2) is 37.3 Å². The van der Waals surface area contributed by atoms with E-state index < -0.39 is 0 Å². The van der Waals surface area contributed by atoms with Gasteiger partial charge in [0, 0.05) is 20.0 Å². The van der Waals surface area contributed by atoms with Crippen molar-refractivity contribution in [1.82, 2.24) is 10.6 Å². The molecule has 4 nitrogen and oxygen atoms in total. The average molecular weight is 216 g/mol. The summed E-state index contributed by atoms with van der Waals surface area (Å²) in [6, 6.07) is 0. The summed E-state index contributed by atoms with van der Waals surface area (Å²) in [6.45, 7) is 3.91. The molecule has 1 aliphatic rings. The maximum atomic E-state index is 10.6. The van der Waals surface area contributed by atoms with Gasteiger partial charge in [-0.25, -0.2) is 0 Å². The molecule has 0 aliphatic carbocycles. The summed E-state index contributed by atoms with van der Waals surface area (Å²) < 4.78 is 0. The Morgan fingerprint density at radius 3 is 2.60 bits per heavy atom. The molecule has 0 spiro atoms. The molecule has 1 amide bonds. The first-order valence-corrected chi connectivity index (χ1v) is 5.80. The smallest absolute Gasteiger partial charge is 0.219 e. The lowest BCUT2D eigenvalue weighted by Gasteiger charge is -1.96. The SMILES string of the molecule is CCCCCC(=O)NC.OC1CCNC1. The monoisotopic (exact) mass is 216 g/mol. The van der Waals surface area contributed by atoms with E-state index in [1.807, 2.05) is 0 Å². The Labute approximate surface area is 92.4 Å². The molecule has 1 heterocycles. The highest BCUT2D eigenvalue weighted by Crippen LogP contribution is 1.97. The highest BCUT2D eigenvalue weighted by molar-refractivity contribution is 5.75. The van der Waals surface area contributed by atoms with Crippen molar-refractivity contribution in [3.8, 4) is 0 Å². The molecule has 1 unspecified atom stereocenters. The molecule has 0 saturated carbocycles. The third kappa shape index (κ3) is 9.69. The van der Waals surface area contributed by atoms with Crippen molar-refractivity contribution in [3.05, 3.63) is 0 Å². The second kappa shape index (κ2) is 9.93. The quantitative estimate of drug-likeness (QED) is 0.605. The number of nitrogens with one attached hydrogen (secondary N) is 2. The van der Waals surface area contributed by atoms with E-state index in [1.165, 1.54) is 6.42 Å². The van der Waals surface area contributed by atoms with Gasteiger partial charge in [-0.05, 0) is 19.4 Å². The molecule has 90 valence electrons. The van der Waals surface area contributed by atoms with Crippen LogP contribution in [0.25, 0.3) is 0 Å². The molecule has 0 aromatic rings. The highest BCUT2D eigenvalue weighted by Gasteiger charge is 2.08. The van der Waals surface area contributed by atoms with Crippen LogP contribution in [0.15, 0.2) is 0 Å².